The molecule has 0 aromatic carbocycles. The Kier molecular flexibility index (Phi) is 4.52. The molecular formula is C18H29NS. The summed E-state index contributed by atoms with van der Waals surface area (Å²) in [4.78, 5) is 3.19. The summed E-state index contributed by atoms with van der Waals surface area (Å²) in [6.45, 7) is 6.98. The first-order chi connectivity index (χ1) is 9.75. The molecule has 112 valence electrons. The average molecular weight is 292 g/mol. The average Bonchev–Trinajstić information content (AvgIpc) is 3.14. The molecule has 0 saturated heterocycles. The second kappa shape index (κ2) is 6.19. The zero-order chi connectivity index (χ0) is 14.0. The molecule has 2 heteroatoms. The van der Waals surface area contributed by atoms with Gasteiger partial charge in [0.25, 0.3) is 0 Å². The number of hydrogen-bond donors (Lipinski definition) is 1. The maximum absolute atomic E-state index is 3.75. The van der Waals surface area contributed by atoms with Crippen molar-refractivity contribution in [3.05, 3.63) is 21.9 Å². The second-order valence-electron chi connectivity index (χ2n) is 7.02. The number of hydrogen-bond acceptors (Lipinski definition) is 2. The Morgan fingerprint density at radius 1 is 1.25 bits per heavy atom. The van der Waals surface area contributed by atoms with Crippen LogP contribution in [0.3, 0.4) is 0 Å². The summed E-state index contributed by atoms with van der Waals surface area (Å²) in [7, 11) is 0. The van der Waals surface area contributed by atoms with E-state index in [9.17, 15) is 0 Å². The van der Waals surface area contributed by atoms with Gasteiger partial charge in [-0.25, -0.2) is 0 Å². The maximum atomic E-state index is 3.75. The van der Waals surface area contributed by atoms with E-state index in [1.807, 2.05) is 0 Å². The minimum Gasteiger partial charge on any atom is -0.316 e. The van der Waals surface area contributed by atoms with E-state index in [1.54, 1.807) is 9.75 Å². The van der Waals surface area contributed by atoms with Crippen LogP contribution in [0.4, 0.5) is 0 Å². The second-order valence-corrected chi connectivity index (χ2v) is 8.27. The summed E-state index contributed by atoms with van der Waals surface area (Å²) in [5, 5.41) is 3.75. The van der Waals surface area contributed by atoms with Gasteiger partial charge in [-0.3, -0.25) is 0 Å². The molecule has 2 aliphatic carbocycles. The summed E-state index contributed by atoms with van der Waals surface area (Å²) in [6, 6.07) is 4.75. The van der Waals surface area contributed by atoms with Crippen molar-refractivity contribution in [2.45, 2.75) is 58.8 Å². The van der Waals surface area contributed by atoms with Gasteiger partial charge in [-0.05, 0) is 74.5 Å². The molecule has 1 nitrogen and oxygen atoms in total. The maximum Gasteiger partial charge on any atom is 0.00542 e. The number of rotatable bonds is 7. The number of fused-ring (bicyclic) bond motifs is 2. The lowest BCUT2D eigenvalue weighted by Crippen LogP contribution is -2.40. The monoisotopic (exact) mass is 291 g/mol. The van der Waals surface area contributed by atoms with E-state index >= 15 is 0 Å². The zero-order valence-electron chi connectivity index (χ0n) is 13.1. The minimum absolute atomic E-state index is 0.577. The molecule has 0 spiro atoms. The van der Waals surface area contributed by atoms with Gasteiger partial charge in [0.2, 0.25) is 0 Å². The fourth-order valence-electron chi connectivity index (χ4n) is 4.62. The van der Waals surface area contributed by atoms with Gasteiger partial charge < -0.3 is 5.32 Å². The van der Waals surface area contributed by atoms with Crippen molar-refractivity contribution in [1.29, 1.82) is 0 Å². The molecule has 1 heterocycles. The predicted molar refractivity (Wildman–Crippen MR) is 88.4 cm³/mol. The van der Waals surface area contributed by atoms with Crippen LogP contribution in [0.5, 0.6) is 0 Å². The van der Waals surface area contributed by atoms with Crippen LogP contribution in [0.1, 0.15) is 55.7 Å². The van der Waals surface area contributed by atoms with E-state index in [0.717, 1.165) is 11.8 Å². The van der Waals surface area contributed by atoms with Crippen molar-refractivity contribution in [3.63, 3.8) is 0 Å². The lowest BCUT2D eigenvalue weighted by Gasteiger charge is -2.38. The van der Waals surface area contributed by atoms with E-state index in [0.29, 0.717) is 5.41 Å². The van der Waals surface area contributed by atoms with Crippen LogP contribution in [-0.2, 0) is 12.8 Å². The molecule has 0 amide bonds. The third kappa shape index (κ3) is 2.82. The van der Waals surface area contributed by atoms with Crippen molar-refractivity contribution in [2.75, 3.05) is 13.1 Å². The van der Waals surface area contributed by atoms with Crippen LogP contribution in [0, 0.1) is 17.3 Å². The van der Waals surface area contributed by atoms with Gasteiger partial charge in [0, 0.05) is 16.3 Å². The summed E-state index contributed by atoms with van der Waals surface area (Å²) >= 11 is 2.06. The van der Waals surface area contributed by atoms with Crippen LogP contribution in [-0.4, -0.2) is 13.1 Å². The molecule has 3 atom stereocenters. The topological polar surface area (TPSA) is 12.0 Å². The molecule has 0 aliphatic heterocycles. The normalized spacial score (nSPS) is 32.1. The fourth-order valence-corrected chi connectivity index (χ4v) is 5.73. The first-order valence-corrected chi connectivity index (χ1v) is 9.35. The van der Waals surface area contributed by atoms with Gasteiger partial charge in [-0.15, -0.1) is 11.3 Å². The van der Waals surface area contributed by atoms with Crippen molar-refractivity contribution < 1.29 is 0 Å². The zero-order valence-corrected chi connectivity index (χ0v) is 13.9. The third-order valence-electron chi connectivity index (χ3n) is 5.60. The van der Waals surface area contributed by atoms with Crippen molar-refractivity contribution in [3.8, 4) is 0 Å². The van der Waals surface area contributed by atoms with Gasteiger partial charge >= 0.3 is 0 Å². The summed E-state index contributed by atoms with van der Waals surface area (Å²) < 4.78 is 0. The first kappa shape index (κ1) is 14.6. The molecule has 0 radical (unpaired) electrons. The van der Waals surface area contributed by atoms with Crippen LogP contribution in [0.15, 0.2) is 12.1 Å². The van der Waals surface area contributed by atoms with E-state index < -0.39 is 0 Å². The van der Waals surface area contributed by atoms with Gasteiger partial charge in [-0.1, -0.05) is 20.3 Å². The Morgan fingerprint density at radius 3 is 2.70 bits per heavy atom. The molecule has 2 aliphatic rings. The third-order valence-corrected chi connectivity index (χ3v) is 6.83. The van der Waals surface area contributed by atoms with Crippen LogP contribution in [0.2, 0.25) is 0 Å². The standard InChI is InChI=1S/C18H29NS/c1-3-9-19-13-18(11-14-5-6-15(18)10-14)12-17-8-7-16(4-2)20-17/h7-8,14-15,19H,3-6,9-13H2,1-2H3. The lowest BCUT2D eigenvalue weighted by molar-refractivity contribution is 0.158. The summed E-state index contributed by atoms with van der Waals surface area (Å²) in [5.41, 5.74) is 0.577. The SMILES string of the molecule is CCCNCC1(Cc2ccc(CC)s2)CC2CCC1C2. The molecule has 3 unspecified atom stereocenters. The van der Waals surface area contributed by atoms with E-state index in [1.165, 1.54) is 58.0 Å². The van der Waals surface area contributed by atoms with Gasteiger partial charge in [-0.2, -0.15) is 0 Å². The summed E-state index contributed by atoms with van der Waals surface area (Å²) in [6.07, 6.45) is 9.76. The fraction of sp³-hybridized carbons (Fsp3) is 0.778. The molecular weight excluding hydrogens is 262 g/mol. The van der Waals surface area contributed by atoms with Gasteiger partial charge in [0.15, 0.2) is 0 Å². The Hall–Kier alpha value is -0.340. The molecule has 1 N–H and O–H groups in total. The van der Waals surface area contributed by atoms with E-state index in [2.05, 4.69) is 42.6 Å². The molecule has 3 rings (SSSR count). The number of thiophene rings is 1. The Labute approximate surface area is 128 Å². The molecule has 2 fully saturated rings. The van der Waals surface area contributed by atoms with Crippen LogP contribution >= 0.6 is 11.3 Å². The molecule has 20 heavy (non-hydrogen) atoms. The smallest absolute Gasteiger partial charge is 0.00542 e. The lowest BCUT2D eigenvalue weighted by atomic mass is 9.70. The van der Waals surface area contributed by atoms with Gasteiger partial charge in [0.05, 0.1) is 0 Å². The number of nitrogens with one attached hydrogen (secondary N) is 1. The Morgan fingerprint density at radius 2 is 2.10 bits per heavy atom. The molecule has 1 aromatic heterocycles. The van der Waals surface area contributed by atoms with E-state index in [4.69, 9.17) is 0 Å². The minimum atomic E-state index is 0.577. The van der Waals surface area contributed by atoms with Crippen molar-refractivity contribution in [1.82, 2.24) is 5.32 Å². The highest BCUT2D eigenvalue weighted by Crippen LogP contribution is 2.57. The van der Waals surface area contributed by atoms with Crippen molar-refractivity contribution in [2.24, 2.45) is 17.3 Å². The molecule has 2 bridgehead atoms. The van der Waals surface area contributed by atoms with Crippen LogP contribution in [0.25, 0.3) is 0 Å². The molecule has 1 aromatic rings. The highest BCUT2D eigenvalue weighted by atomic mass is 32.1. The number of aryl methyl sites for hydroxylation is 1. The Balaban J connectivity index is 1.72. The quantitative estimate of drug-likeness (QED) is 0.721. The predicted octanol–water partition coefficient (Wildman–Crippen LogP) is 4.66. The van der Waals surface area contributed by atoms with Gasteiger partial charge in [0.1, 0.15) is 0 Å². The first-order valence-electron chi connectivity index (χ1n) is 8.54. The Bertz CT molecular complexity index is 438. The van der Waals surface area contributed by atoms with Crippen molar-refractivity contribution >= 4 is 11.3 Å². The van der Waals surface area contributed by atoms with E-state index in [-0.39, 0.29) is 0 Å². The highest BCUT2D eigenvalue weighted by molar-refractivity contribution is 7.11. The summed E-state index contributed by atoms with van der Waals surface area (Å²) in [5.74, 6) is 2.03. The molecule has 2 saturated carbocycles. The highest BCUT2D eigenvalue weighted by Gasteiger charge is 2.50. The largest absolute Gasteiger partial charge is 0.316 e. The van der Waals surface area contributed by atoms with Crippen LogP contribution < -0.4 is 5.32 Å².